The van der Waals surface area contributed by atoms with E-state index in [1.165, 1.54) is 29.3 Å². The van der Waals surface area contributed by atoms with Crippen molar-refractivity contribution in [3.63, 3.8) is 0 Å². The Kier molecular flexibility index (Phi) is 6.05. The second-order valence-electron chi connectivity index (χ2n) is 8.65. The summed E-state index contributed by atoms with van der Waals surface area (Å²) in [6, 6.07) is 7.12. The number of sulfonamides is 1. The molecule has 0 bridgehead atoms. The Morgan fingerprint density at radius 3 is 2.47 bits per heavy atom. The lowest BCUT2D eigenvalue weighted by Gasteiger charge is -2.44. The maximum absolute atomic E-state index is 13.6. The van der Waals surface area contributed by atoms with E-state index in [1.54, 1.807) is 39.8 Å². The summed E-state index contributed by atoms with van der Waals surface area (Å²) < 4.78 is 28.4. The quantitative estimate of drug-likeness (QED) is 0.633. The molecule has 1 aromatic carbocycles. The van der Waals surface area contributed by atoms with Gasteiger partial charge in [-0.1, -0.05) is 12.1 Å². The molecule has 172 valence electrons. The molecule has 0 saturated heterocycles. The van der Waals surface area contributed by atoms with Crippen molar-refractivity contribution < 1.29 is 28.2 Å². The van der Waals surface area contributed by atoms with Crippen molar-refractivity contribution in [3.8, 4) is 0 Å². The molecule has 1 aliphatic heterocycles. The zero-order chi connectivity index (χ0) is 23.8. The minimum Gasteiger partial charge on any atom is -0.465 e. The highest BCUT2D eigenvalue weighted by Crippen LogP contribution is 2.36. The van der Waals surface area contributed by atoms with Crippen molar-refractivity contribution in [2.24, 2.45) is 0 Å². The molecule has 1 unspecified atom stereocenters. The first kappa shape index (κ1) is 23.3. The number of aryl methyl sites for hydroxylation is 1. The van der Waals surface area contributed by atoms with Crippen LogP contribution >= 0.6 is 0 Å². The molecule has 11 heteroatoms. The van der Waals surface area contributed by atoms with Gasteiger partial charge in [0.05, 0.1) is 40.7 Å². The third-order valence-electron chi connectivity index (χ3n) is 5.14. The molecule has 10 nitrogen and oxygen atoms in total. The van der Waals surface area contributed by atoms with E-state index in [4.69, 9.17) is 5.11 Å². The molecule has 0 radical (unpaired) electrons. The number of benzene rings is 1. The monoisotopic (exact) mass is 462 g/mol. The van der Waals surface area contributed by atoms with Gasteiger partial charge in [0.25, 0.3) is 10.0 Å². The molecule has 0 saturated carbocycles. The Labute approximate surface area is 186 Å². The maximum Gasteiger partial charge on any atom is 0.409 e. The molecule has 2 aromatic rings. The van der Waals surface area contributed by atoms with Gasteiger partial charge >= 0.3 is 12.2 Å². The van der Waals surface area contributed by atoms with Gasteiger partial charge in [-0.05, 0) is 51.5 Å². The fourth-order valence-electron chi connectivity index (χ4n) is 3.92. The lowest BCUT2D eigenvalue weighted by molar-refractivity contribution is 0.0713. The van der Waals surface area contributed by atoms with Crippen LogP contribution in [0.15, 0.2) is 41.4 Å². The molecular formula is C21H26N4O6S. The fraction of sp³-hybridized carbons (Fsp3) is 0.381. The average Bonchev–Trinajstić information content (AvgIpc) is 2.65. The van der Waals surface area contributed by atoms with Crippen molar-refractivity contribution in [2.45, 2.75) is 50.6 Å². The Bertz CT molecular complexity index is 1160. The number of amides is 2. The molecular weight excluding hydrogens is 436 g/mol. The minimum absolute atomic E-state index is 0.0540. The lowest BCUT2D eigenvalue weighted by Crippen LogP contribution is -2.58. The summed E-state index contributed by atoms with van der Waals surface area (Å²) in [7, 11) is -4.08. The number of fused-ring (bicyclic) bond motifs is 1. The molecule has 3 rings (SSSR count). The summed E-state index contributed by atoms with van der Waals surface area (Å²) in [5, 5.41) is 21.1. The van der Waals surface area contributed by atoms with Crippen molar-refractivity contribution in [1.82, 2.24) is 9.88 Å². The van der Waals surface area contributed by atoms with Crippen LogP contribution in [0.2, 0.25) is 0 Å². The standard InChI is InChI=1S/C21H26N4O6S/c1-13-6-5-7-16(8-13)32(30,31)24-12-15(25(20(28)29)21(2,3)4)10-17-18(24)9-14(11-22-17)23-19(26)27/h5-9,11,15,23H,10,12H2,1-4H3,(H,26,27)(H,28,29). The van der Waals surface area contributed by atoms with E-state index in [1.807, 2.05) is 0 Å². The zero-order valence-electron chi connectivity index (χ0n) is 18.2. The maximum atomic E-state index is 13.6. The number of anilines is 2. The number of carboxylic acid groups (broad SMARTS) is 2. The molecule has 3 N–H and O–H groups in total. The molecule has 2 amide bonds. The molecule has 0 fully saturated rings. The number of hydrogen-bond donors (Lipinski definition) is 3. The van der Waals surface area contributed by atoms with Gasteiger partial charge in [-0.2, -0.15) is 0 Å². The second kappa shape index (κ2) is 8.30. The number of pyridine rings is 1. The van der Waals surface area contributed by atoms with Gasteiger partial charge in [-0.15, -0.1) is 0 Å². The highest BCUT2D eigenvalue weighted by Gasteiger charge is 2.41. The molecule has 32 heavy (non-hydrogen) atoms. The number of rotatable bonds is 4. The van der Waals surface area contributed by atoms with Crippen LogP contribution < -0.4 is 9.62 Å². The Morgan fingerprint density at radius 2 is 1.91 bits per heavy atom. The number of carbonyl (C=O) groups is 2. The number of nitrogens with zero attached hydrogens (tertiary/aromatic N) is 3. The SMILES string of the molecule is Cc1cccc(S(=O)(=O)N2CC(N(C(=O)O)C(C)(C)C)Cc3ncc(NC(=O)O)cc32)c1. The van der Waals surface area contributed by atoms with Gasteiger partial charge in [0.2, 0.25) is 0 Å². The number of hydrogen-bond acceptors (Lipinski definition) is 5. The first-order valence-electron chi connectivity index (χ1n) is 9.91. The molecule has 1 aromatic heterocycles. The molecule has 2 heterocycles. The third-order valence-corrected chi connectivity index (χ3v) is 6.92. The Morgan fingerprint density at radius 1 is 1.22 bits per heavy atom. The molecule has 0 spiro atoms. The van der Waals surface area contributed by atoms with E-state index in [0.717, 1.165) is 9.87 Å². The highest BCUT2D eigenvalue weighted by molar-refractivity contribution is 7.92. The normalized spacial score (nSPS) is 16.2. The van der Waals surface area contributed by atoms with E-state index in [0.29, 0.717) is 5.69 Å². The molecule has 1 aliphatic rings. The molecule has 0 aliphatic carbocycles. The number of nitrogens with one attached hydrogen (secondary N) is 1. The summed E-state index contributed by atoms with van der Waals surface area (Å²) in [6.07, 6.45) is -0.998. The fourth-order valence-corrected chi connectivity index (χ4v) is 5.54. The summed E-state index contributed by atoms with van der Waals surface area (Å²) in [5.41, 5.74) is 0.667. The van der Waals surface area contributed by atoms with Crippen LogP contribution in [0.3, 0.4) is 0 Å². The first-order chi connectivity index (χ1) is 14.8. The van der Waals surface area contributed by atoms with Crippen LogP contribution in [0.25, 0.3) is 0 Å². The smallest absolute Gasteiger partial charge is 0.409 e. The minimum atomic E-state index is -4.08. The van der Waals surface area contributed by atoms with Crippen molar-refractivity contribution in [2.75, 3.05) is 16.2 Å². The predicted molar refractivity (Wildman–Crippen MR) is 119 cm³/mol. The summed E-state index contributed by atoms with van der Waals surface area (Å²) in [5.74, 6) is 0. The van der Waals surface area contributed by atoms with Gasteiger partial charge in [-0.25, -0.2) is 18.0 Å². The zero-order valence-corrected chi connectivity index (χ0v) is 19.0. The summed E-state index contributed by atoms with van der Waals surface area (Å²) in [4.78, 5) is 28.7. The predicted octanol–water partition coefficient (Wildman–Crippen LogP) is 3.38. The average molecular weight is 463 g/mol. The van der Waals surface area contributed by atoms with Crippen LogP contribution in [0.1, 0.15) is 32.0 Å². The number of aromatic nitrogens is 1. The van der Waals surface area contributed by atoms with Gasteiger partial charge in [0.1, 0.15) is 0 Å². The van der Waals surface area contributed by atoms with Crippen LogP contribution in [-0.4, -0.2) is 58.8 Å². The molecule has 1 atom stereocenters. The van der Waals surface area contributed by atoms with Gasteiger partial charge in [0, 0.05) is 12.0 Å². The topological polar surface area (TPSA) is 140 Å². The van der Waals surface area contributed by atoms with Gasteiger partial charge in [-0.3, -0.25) is 19.5 Å². The van der Waals surface area contributed by atoms with E-state index < -0.39 is 33.8 Å². The van der Waals surface area contributed by atoms with Crippen LogP contribution in [0, 0.1) is 6.92 Å². The van der Waals surface area contributed by atoms with Gasteiger partial charge < -0.3 is 10.2 Å². The first-order valence-corrected chi connectivity index (χ1v) is 11.4. The van der Waals surface area contributed by atoms with Crippen molar-refractivity contribution >= 4 is 33.6 Å². The Hall–Kier alpha value is -3.34. The summed E-state index contributed by atoms with van der Waals surface area (Å²) in [6.45, 7) is 6.86. The second-order valence-corrected chi connectivity index (χ2v) is 10.5. The lowest BCUT2D eigenvalue weighted by atomic mass is 9.97. The van der Waals surface area contributed by atoms with Crippen LogP contribution in [0.5, 0.6) is 0 Å². The highest BCUT2D eigenvalue weighted by atomic mass is 32.2. The van der Waals surface area contributed by atoms with E-state index in [-0.39, 0.29) is 29.2 Å². The Balaban J connectivity index is 2.17. The van der Waals surface area contributed by atoms with Crippen molar-refractivity contribution in [3.05, 3.63) is 47.8 Å². The largest absolute Gasteiger partial charge is 0.465 e. The summed E-state index contributed by atoms with van der Waals surface area (Å²) >= 11 is 0. The van der Waals surface area contributed by atoms with Crippen LogP contribution in [-0.2, 0) is 16.4 Å². The van der Waals surface area contributed by atoms with Crippen molar-refractivity contribution in [1.29, 1.82) is 0 Å². The van der Waals surface area contributed by atoms with E-state index in [9.17, 15) is 23.1 Å². The van der Waals surface area contributed by atoms with Gasteiger partial charge in [0.15, 0.2) is 0 Å². The van der Waals surface area contributed by atoms with Crippen LogP contribution in [0.4, 0.5) is 21.0 Å². The van der Waals surface area contributed by atoms with E-state index >= 15 is 0 Å². The van der Waals surface area contributed by atoms with E-state index in [2.05, 4.69) is 10.3 Å². The third kappa shape index (κ3) is 4.62.